The summed E-state index contributed by atoms with van der Waals surface area (Å²) in [5.74, 6) is 5.70. The molecule has 145 heavy (non-hydrogen) atoms. The summed E-state index contributed by atoms with van der Waals surface area (Å²) < 4.78 is 26.6. The first kappa shape index (κ1) is 87.7. The summed E-state index contributed by atoms with van der Waals surface area (Å²) in [6.45, 7) is 21.1. The van der Waals surface area contributed by atoms with Crippen LogP contribution in [0.15, 0.2) is 418 Å². The number of nitrogens with zero attached hydrogens (tertiary/aromatic N) is 8. The smallest absolute Gasteiger partial charge is 0.164 e. The Labute approximate surface area is 840 Å². The molecular formula is C133H100N8O4. The number of para-hydroxylation sites is 5. The Morgan fingerprint density at radius 1 is 0.214 bits per heavy atom. The first-order chi connectivity index (χ1) is 71.1. The zero-order chi connectivity index (χ0) is 97.7. The van der Waals surface area contributed by atoms with E-state index in [-0.39, 0.29) is 16.2 Å². The molecule has 0 N–H and O–H groups in total. The van der Waals surface area contributed by atoms with Crippen molar-refractivity contribution in [3.05, 3.63) is 434 Å². The fraction of sp³-hybridized carbons (Fsp3) is 0.128. The van der Waals surface area contributed by atoms with Crippen LogP contribution in [0.3, 0.4) is 0 Å². The summed E-state index contributed by atoms with van der Waals surface area (Å²) in [7, 11) is 0. The monoisotopic (exact) mass is 1870 g/mol. The van der Waals surface area contributed by atoms with Gasteiger partial charge in [-0.2, -0.15) is 0 Å². The Hall–Kier alpha value is -17.5. The molecule has 28 rings (SSSR count). The van der Waals surface area contributed by atoms with Gasteiger partial charge in [-0.25, -0.2) is 39.9 Å². The molecule has 0 fully saturated rings. The highest BCUT2D eigenvalue weighted by atomic mass is 16.3. The molecule has 0 aliphatic heterocycles. The number of hydrogen-bond donors (Lipinski definition) is 0. The van der Waals surface area contributed by atoms with Crippen molar-refractivity contribution in [3.63, 3.8) is 0 Å². The van der Waals surface area contributed by atoms with Crippen LogP contribution in [0.1, 0.15) is 109 Å². The number of fused-ring (bicyclic) bond motifs is 22. The van der Waals surface area contributed by atoms with E-state index in [1.165, 1.54) is 66.8 Å². The van der Waals surface area contributed by atoms with Gasteiger partial charge in [-0.05, 0) is 169 Å². The van der Waals surface area contributed by atoms with Gasteiger partial charge in [0.25, 0.3) is 0 Å². The van der Waals surface area contributed by atoms with Gasteiger partial charge in [0.1, 0.15) is 44.7 Å². The standard InChI is InChI=1S/C52H39N3O2.C44H33N3O.C37H28N2O/c1-30(2)52(31(3)4)42-21-10-8-16-36(42)40-28-41-37-19-12-18-35(48(37)57-46(41)29-43(40)52)32-24-26-34(27-25-32)50-53-49(33-14-6-5-7-15-33)54-51(55-50)39-20-13-23-45-47(39)38-17-9-11-22-44(38)56-45;1-27(2)44(3)37-20-11-10-17-33(37)35-25-36-34-19-12-18-32(40(34)48-39(36)26-38(35)44)28-21-23-31(24-22-28)43-46-41(29-13-6-4-7-14-29)45-42(47-43)30-15-8-5-9-16-30;1-3-37(4-2)30-19-10-8-15-24(30)28-21-29-25-17-12-18-27(35(25)40-33(29)22-31(28)37)36-38-32-20-11-9-16-26(32)34(39-36)23-13-6-5-7-14-23/h5-31H,1-4H3;4-27H,1-3H3;5-22H,3-4H2,1-2H3. The van der Waals surface area contributed by atoms with E-state index < -0.39 is 0 Å². The summed E-state index contributed by atoms with van der Waals surface area (Å²) in [5, 5.41) is 9.84. The van der Waals surface area contributed by atoms with Gasteiger partial charge < -0.3 is 17.7 Å². The number of benzene rings is 18. The Morgan fingerprint density at radius 3 is 1.06 bits per heavy atom. The minimum atomic E-state index is -0.0914. The first-order valence-electron chi connectivity index (χ1n) is 50.5. The molecule has 1 atom stereocenters. The van der Waals surface area contributed by atoms with E-state index >= 15 is 0 Å². The van der Waals surface area contributed by atoms with Crippen LogP contribution in [0.25, 0.3) is 245 Å². The molecule has 0 radical (unpaired) electrons. The van der Waals surface area contributed by atoms with Crippen LogP contribution in [-0.4, -0.2) is 39.9 Å². The molecule has 0 amide bonds. The Kier molecular flexibility index (Phi) is 21.0. The zero-order valence-electron chi connectivity index (χ0n) is 82.0. The van der Waals surface area contributed by atoms with E-state index in [4.69, 9.17) is 57.5 Å². The average Bonchev–Trinajstić information content (AvgIpc) is 1.55. The van der Waals surface area contributed by atoms with Gasteiger partial charge in [0, 0.05) is 115 Å². The SMILES string of the molecule is CC(C)C1(C(C)C)c2ccccc2-c2cc3c(cc21)oc1c(-c2ccc(-c4nc(-c5ccccc5)nc(-c5cccc6oc7ccccc7c56)n4)cc2)cccc13.CC(C)C1(C)c2ccccc2-c2cc3c(cc21)oc1c(-c2ccc(-c4nc(-c5ccccc5)nc(-c5ccccc5)n4)cc2)cccc13.CCC1(CC)c2ccccc2-c2cc3c(cc21)oc1c(-c2nc(-c4ccccc4)c4ccccc4n2)cccc13. The van der Waals surface area contributed by atoms with Crippen LogP contribution in [0, 0.1) is 17.8 Å². The van der Waals surface area contributed by atoms with Gasteiger partial charge in [0.05, 0.1) is 16.8 Å². The number of aromatic nitrogens is 8. The number of furan rings is 4. The summed E-state index contributed by atoms with van der Waals surface area (Å²) in [6.07, 6.45) is 2.11. The molecule has 0 bridgehead atoms. The van der Waals surface area contributed by atoms with Crippen molar-refractivity contribution in [3.8, 4) is 147 Å². The molecular weight excluding hydrogens is 1770 g/mol. The minimum Gasteiger partial charge on any atom is -0.456 e. The third-order valence-electron chi connectivity index (χ3n) is 31.6. The van der Waals surface area contributed by atoms with Crippen molar-refractivity contribution in [1.82, 2.24) is 39.9 Å². The molecule has 12 nitrogen and oxygen atoms in total. The molecule has 0 spiro atoms. The van der Waals surface area contributed by atoms with Crippen LogP contribution in [0.4, 0.5) is 0 Å². The average molecular weight is 1870 g/mol. The van der Waals surface area contributed by atoms with Gasteiger partial charge in [0.2, 0.25) is 0 Å². The van der Waals surface area contributed by atoms with Crippen LogP contribution < -0.4 is 0 Å². The molecule has 0 saturated heterocycles. The molecule has 3 aliphatic rings. The topological polar surface area (TPSA) is 156 Å². The predicted octanol–water partition coefficient (Wildman–Crippen LogP) is 35.2. The Morgan fingerprint density at radius 2 is 0.559 bits per heavy atom. The van der Waals surface area contributed by atoms with Crippen LogP contribution >= 0.6 is 0 Å². The predicted molar refractivity (Wildman–Crippen MR) is 592 cm³/mol. The maximum atomic E-state index is 6.88. The van der Waals surface area contributed by atoms with Crippen molar-refractivity contribution in [1.29, 1.82) is 0 Å². The summed E-state index contributed by atoms with van der Waals surface area (Å²) in [4.78, 5) is 40.0. The second-order valence-electron chi connectivity index (χ2n) is 39.9. The van der Waals surface area contributed by atoms with Gasteiger partial charge >= 0.3 is 0 Å². The third-order valence-corrected chi connectivity index (χ3v) is 31.6. The van der Waals surface area contributed by atoms with Crippen LogP contribution in [-0.2, 0) is 16.2 Å². The van der Waals surface area contributed by atoms with Gasteiger partial charge in [-0.3, -0.25) is 0 Å². The maximum absolute atomic E-state index is 6.88. The lowest BCUT2D eigenvalue weighted by atomic mass is 9.63. The first-order valence-corrected chi connectivity index (χ1v) is 50.5. The molecule has 7 aromatic heterocycles. The van der Waals surface area contributed by atoms with E-state index in [0.717, 1.165) is 184 Å². The van der Waals surface area contributed by atoms with Crippen molar-refractivity contribution in [2.24, 2.45) is 17.8 Å². The molecule has 18 aromatic carbocycles. The highest BCUT2D eigenvalue weighted by Gasteiger charge is 2.49. The lowest BCUT2D eigenvalue weighted by Gasteiger charge is -2.40. The quantitative estimate of drug-likeness (QED) is 0.0959. The minimum absolute atomic E-state index is 0.00790. The Bertz CT molecular complexity index is 9400. The molecule has 696 valence electrons. The van der Waals surface area contributed by atoms with Gasteiger partial charge in [-0.15, -0.1) is 0 Å². The lowest BCUT2D eigenvalue weighted by molar-refractivity contribution is 0.280. The van der Waals surface area contributed by atoms with Crippen molar-refractivity contribution in [2.75, 3.05) is 0 Å². The van der Waals surface area contributed by atoms with E-state index in [9.17, 15) is 0 Å². The largest absolute Gasteiger partial charge is 0.456 e. The lowest BCUT2D eigenvalue weighted by Crippen LogP contribution is -2.37. The van der Waals surface area contributed by atoms with Crippen molar-refractivity contribution >= 4 is 98.7 Å². The maximum Gasteiger partial charge on any atom is 0.164 e. The fourth-order valence-electron chi connectivity index (χ4n) is 24.2. The molecule has 1 unspecified atom stereocenters. The highest BCUT2D eigenvalue weighted by Crippen LogP contribution is 2.61. The van der Waals surface area contributed by atoms with E-state index in [1.807, 2.05) is 140 Å². The molecule has 0 saturated carbocycles. The number of rotatable bonds is 15. The normalized spacial score (nSPS) is 14.1. The molecule has 7 heterocycles. The fourth-order valence-corrected chi connectivity index (χ4v) is 24.2. The van der Waals surface area contributed by atoms with E-state index in [2.05, 4.69) is 323 Å². The van der Waals surface area contributed by atoms with Crippen molar-refractivity contribution in [2.45, 2.75) is 91.4 Å². The summed E-state index contributed by atoms with van der Waals surface area (Å²) >= 11 is 0. The second-order valence-corrected chi connectivity index (χ2v) is 39.9. The number of hydrogen-bond acceptors (Lipinski definition) is 12. The molecule has 25 aromatic rings. The van der Waals surface area contributed by atoms with Crippen LogP contribution in [0.2, 0.25) is 0 Å². The van der Waals surface area contributed by atoms with Crippen molar-refractivity contribution < 1.29 is 17.7 Å². The van der Waals surface area contributed by atoms with Gasteiger partial charge in [-0.1, -0.05) is 402 Å². The molecule has 3 aliphatic carbocycles. The summed E-state index contributed by atoms with van der Waals surface area (Å²) in [5.41, 5.74) is 36.9. The zero-order valence-corrected chi connectivity index (χ0v) is 82.0. The second kappa shape index (κ2) is 34.7. The third kappa shape index (κ3) is 14.1. The van der Waals surface area contributed by atoms with E-state index in [1.54, 1.807) is 0 Å². The van der Waals surface area contributed by atoms with Gasteiger partial charge in [0.15, 0.2) is 40.8 Å². The highest BCUT2D eigenvalue weighted by molar-refractivity contribution is 6.16. The van der Waals surface area contributed by atoms with Crippen LogP contribution in [0.5, 0.6) is 0 Å². The van der Waals surface area contributed by atoms with E-state index in [0.29, 0.717) is 58.5 Å². The Balaban J connectivity index is 0.000000112. The summed E-state index contributed by atoms with van der Waals surface area (Å²) in [6, 6.07) is 140. The molecule has 12 heteroatoms.